The van der Waals surface area contributed by atoms with E-state index in [2.05, 4.69) is 68.6 Å². The van der Waals surface area contributed by atoms with Gasteiger partial charge in [-0.3, -0.25) is 0 Å². The number of fused-ring (bicyclic) bond motifs is 2. The van der Waals surface area contributed by atoms with Crippen LogP contribution in [0.2, 0.25) is 0 Å². The van der Waals surface area contributed by atoms with Crippen LogP contribution in [0, 0.1) is 6.92 Å². The lowest BCUT2D eigenvalue weighted by Crippen LogP contribution is -2.08. The summed E-state index contributed by atoms with van der Waals surface area (Å²) in [5, 5.41) is 3.53. The molecule has 1 N–H and O–H groups in total. The van der Waals surface area contributed by atoms with Gasteiger partial charge in [0, 0.05) is 22.5 Å². The summed E-state index contributed by atoms with van der Waals surface area (Å²) in [5.74, 6) is 0. The maximum atomic E-state index is 3.53. The summed E-state index contributed by atoms with van der Waals surface area (Å²) in [6.07, 6.45) is 0. The Hall–Kier alpha value is -2.02. The first-order valence-corrected chi connectivity index (χ1v) is 6.32. The molecule has 2 aromatic rings. The molecule has 0 saturated carbocycles. The summed E-state index contributed by atoms with van der Waals surface area (Å²) >= 11 is 0. The number of benzene rings is 2. The molecular weight excluding hydrogens is 218 g/mol. The fraction of sp³-hybridized carbons (Fsp3) is 0.176. The number of anilines is 2. The van der Waals surface area contributed by atoms with Gasteiger partial charge in [-0.05, 0) is 44.0 Å². The quantitative estimate of drug-likeness (QED) is 0.584. The van der Waals surface area contributed by atoms with Gasteiger partial charge in [-0.25, -0.2) is 0 Å². The van der Waals surface area contributed by atoms with Crippen LogP contribution in [0.5, 0.6) is 0 Å². The lowest BCUT2D eigenvalue weighted by molar-refractivity contribution is 1.31. The topological polar surface area (TPSA) is 12.0 Å². The summed E-state index contributed by atoms with van der Waals surface area (Å²) in [6.45, 7) is 6.55. The highest BCUT2D eigenvalue weighted by Crippen LogP contribution is 2.43. The average molecular weight is 235 g/mol. The Morgan fingerprint density at radius 3 is 2.39 bits per heavy atom. The Kier molecular flexibility index (Phi) is 2.48. The van der Waals surface area contributed by atoms with Gasteiger partial charge in [0.05, 0.1) is 0 Å². The maximum Gasteiger partial charge on any atom is 0.0466 e. The Morgan fingerprint density at radius 2 is 1.61 bits per heavy atom. The molecule has 0 aliphatic carbocycles. The summed E-state index contributed by atoms with van der Waals surface area (Å²) in [7, 11) is 0. The van der Waals surface area contributed by atoms with Crippen molar-refractivity contribution >= 4 is 16.9 Å². The van der Waals surface area contributed by atoms with Gasteiger partial charge in [-0.15, -0.1) is 0 Å². The Morgan fingerprint density at radius 1 is 0.889 bits per heavy atom. The van der Waals surface area contributed by atoms with Gasteiger partial charge in [0.15, 0.2) is 0 Å². The fourth-order valence-electron chi connectivity index (χ4n) is 2.71. The van der Waals surface area contributed by atoms with Crippen LogP contribution in [0.3, 0.4) is 0 Å². The predicted molar refractivity (Wildman–Crippen MR) is 78.3 cm³/mol. The molecule has 3 rings (SSSR count). The summed E-state index contributed by atoms with van der Waals surface area (Å²) < 4.78 is 0. The third-order valence-electron chi connectivity index (χ3n) is 3.49. The smallest absolute Gasteiger partial charge is 0.0466 e. The second kappa shape index (κ2) is 4.02. The summed E-state index contributed by atoms with van der Waals surface area (Å²) in [5.41, 5.74) is 9.12. The number of allylic oxidation sites excluding steroid dienone is 1. The van der Waals surface area contributed by atoms with Crippen molar-refractivity contribution in [1.82, 2.24) is 0 Å². The van der Waals surface area contributed by atoms with Crippen LogP contribution < -0.4 is 5.32 Å². The molecular formula is C17H17N. The number of para-hydroxylation sites is 1. The maximum absolute atomic E-state index is 3.53. The molecule has 0 radical (unpaired) electrons. The van der Waals surface area contributed by atoms with E-state index in [1.54, 1.807) is 0 Å². The van der Waals surface area contributed by atoms with E-state index in [1.807, 2.05) is 0 Å². The first kappa shape index (κ1) is 11.1. The van der Waals surface area contributed by atoms with E-state index in [1.165, 1.54) is 39.2 Å². The number of hydrogen-bond acceptors (Lipinski definition) is 1. The molecule has 1 aliphatic heterocycles. The lowest BCUT2D eigenvalue weighted by atomic mass is 9.86. The van der Waals surface area contributed by atoms with Crippen molar-refractivity contribution in [3.63, 3.8) is 0 Å². The summed E-state index contributed by atoms with van der Waals surface area (Å²) in [4.78, 5) is 0. The van der Waals surface area contributed by atoms with E-state index in [-0.39, 0.29) is 0 Å². The predicted octanol–water partition coefficient (Wildman–Crippen LogP) is 4.89. The zero-order valence-corrected chi connectivity index (χ0v) is 11.0. The van der Waals surface area contributed by atoms with E-state index in [0.717, 1.165) is 0 Å². The van der Waals surface area contributed by atoms with Crippen LogP contribution >= 0.6 is 0 Å². The standard InChI is InChI=1S/C17H17N/c1-11(2)16-13-8-4-5-9-14(13)18-15-10-6-7-12(3)17(15)16/h4-10,18H,1-3H3. The Labute approximate surface area is 108 Å². The minimum Gasteiger partial charge on any atom is -0.355 e. The van der Waals surface area contributed by atoms with Gasteiger partial charge in [0.2, 0.25) is 0 Å². The van der Waals surface area contributed by atoms with Gasteiger partial charge < -0.3 is 5.32 Å². The second-order valence-electron chi connectivity index (χ2n) is 5.04. The van der Waals surface area contributed by atoms with Gasteiger partial charge in [-0.1, -0.05) is 35.9 Å². The van der Waals surface area contributed by atoms with Crippen molar-refractivity contribution in [2.45, 2.75) is 20.8 Å². The van der Waals surface area contributed by atoms with Crippen LogP contribution in [0.25, 0.3) is 5.57 Å². The van der Waals surface area contributed by atoms with Crippen LogP contribution in [-0.4, -0.2) is 0 Å². The number of nitrogens with one attached hydrogen (secondary N) is 1. The zero-order chi connectivity index (χ0) is 12.7. The SMILES string of the molecule is CC(C)=C1c2ccccc2Nc2cccc(C)c21. The van der Waals surface area contributed by atoms with Gasteiger partial charge >= 0.3 is 0 Å². The van der Waals surface area contributed by atoms with Gasteiger partial charge in [-0.2, -0.15) is 0 Å². The molecule has 0 spiro atoms. The molecule has 1 nitrogen and oxygen atoms in total. The number of aryl methyl sites for hydroxylation is 1. The normalized spacial score (nSPS) is 12.5. The van der Waals surface area contributed by atoms with E-state index < -0.39 is 0 Å². The molecule has 90 valence electrons. The van der Waals surface area contributed by atoms with E-state index in [9.17, 15) is 0 Å². The highest BCUT2D eigenvalue weighted by molar-refractivity contribution is 5.98. The van der Waals surface area contributed by atoms with E-state index in [4.69, 9.17) is 0 Å². The van der Waals surface area contributed by atoms with E-state index >= 15 is 0 Å². The van der Waals surface area contributed by atoms with Crippen LogP contribution in [0.1, 0.15) is 30.5 Å². The third kappa shape index (κ3) is 1.55. The lowest BCUT2D eigenvalue weighted by Gasteiger charge is -2.26. The Bertz CT molecular complexity index is 646. The second-order valence-corrected chi connectivity index (χ2v) is 5.04. The molecule has 0 amide bonds. The van der Waals surface area contributed by atoms with Crippen LogP contribution in [0.15, 0.2) is 48.0 Å². The molecule has 1 heteroatoms. The van der Waals surface area contributed by atoms with Crippen LogP contribution in [0.4, 0.5) is 11.4 Å². The molecule has 0 bridgehead atoms. The number of rotatable bonds is 0. The molecule has 18 heavy (non-hydrogen) atoms. The molecule has 2 aromatic carbocycles. The van der Waals surface area contributed by atoms with Crippen molar-refractivity contribution in [3.8, 4) is 0 Å². The first-order valence-electron chi connectivity index (χ1n) is 6.32. The first-order chi connectivity index (χ1) is 8.68. The molecule has 0 saturated heterocycles. The minimum absolute atomic E-state index is 1.20. The third-order valence-corrected chi connectivity index (χ3v) is 3.49. The van der Waals surface area contributed by atoms with Crippen molar-refractivity contribution in [2.75, 3.05) is 5.32 Å². The average Bonchev–Trinajstić information content (AvgIpc) is 2.36. The monoisotopic (exact) mass is 235 g/mol. The Balaban J connectivity index is 2.37. The highest BCUT2D eigenvalue weighted by Gasteiger charge is 2.21. The minimum atomic E-state index is 1.20. The molecule has 1 heterocycles. The van der Waals surface area contributed by atoms with Crippen molar-refractivity contribution in [1.29, 1.82) is 0 Å². The summed E-state index contributed by atoms with van der Waals surface area (Å²) in [6, 6.07) is 15.0. The molecule has 0 fully saturated rings. The van der Waals surface area contributed by atoms with Crippen LogP contribution in [-0.2, 0) is 0 Å². The van der Waals surface area contributed by atoms with Gasteiger partial charge in [0.25, 0.3) is 0 Å². The van der Waals surface area contributed by atoms with Crippen molar-refractivity contribution in [2.24, 2.45) is 0 Å². The van der Waals surface area contributed by atoms with Crippen molar-refractivity contribution in [3.05, 3.63) is 64.7 Å². The fourth-order valence-corrected chi connectivity index (χ4v) is 2.71. The molecule has 0 unspecified atom stereocenters. The number of hydrogen-bond donors (Lipinski definition) is 1. The zero-order valence-electron chi connectivity index (χ0n) is 11.0. The highest BCUT2D eigenvalue weighted by atomic mass is 14.9. The van der Waals surface area contributed by atoms with Gasteiger partial charge in [0.1, 0.15) is 0 Å². The van der Waals surface area contributed by atoms with Crippen molar-refractivity contribution < 1.29 is 0 Å². The van der Waals surface area contributed by atoms with E-state index in [0.29, 0.717) is 0 Å². The largest absolute Gasteiger partial charge is 0.355 e. The molecule has 0 atom stereocenters. The molecule has 0 aromatic heterocycles. The molecule has 1 aliphatic rings.